The summed E-state index contributed by atoms with van der Waals surface area (Å²) in [6.45, 7) is 10.5. The van der Waals surface area contributed by atoms with E-state index in [0.29, 0.717) is 12.0 Å². The summed E-state index contributed by atoms with van der Waals surface area (Å²) in [5, 5.41) is 6.79. The monoisotopic (exact) mass is 239 g/mol. The van der Waals surface area contributed by atoms with Crippen molar-refractivity contribution >= 4 is 5.96 Å². The van der Waals surface area contributed by atoms with Crippen LogP contribution in [0.2, 0.25) is 0 Å². The van der Waals surface area contributed by atoms with Crippen LogP contribution in [-0.2, 0) is 4.74 Å². The van der Waals surface area contributed by atoms with Crippen molar-refractivity contribution in [3.05, 3.63) is 0 Å². The highest BCUT2D eigenvalue weighted by molar-refractivity contribution is 5.80. The van der Waals surface area contributed by atoms with Crippen LogP contribution in [0.15, 0.2) is 4.99 Å². The Morgan fingerprint density at radius 3 is 3.00 bits per heavy atom. The zero-order valence-electron chi connectivity index (χ0n) is 11.3. The molecule has 4 heteroatoms. The Labute approximate surface area is 104 Å². The molecule has 0 radical (unpaired) electrons. The highest BCUT2D eigenvalue weighted by Crippen LogP contribution is 2.22. The summed E-state index contributed by atoms with van der Waals surface area (Å²) in [6.07, 6.45) is 2.71. The van der Waals surface area contributed by atoms with Gasteiger partial charge in [0.05, 0.1) is 6.10 Å². The van der Waals surface area contributed by atoms with Crippen LogP contribution >= 0.6 is 0 Å². The standard InChI is InChI=1S/C13H25N3O/c1-4-11-10(5-6-17-11)7-14-12-15-8-13(2,3)9-16-12/h10-11H,4-9H2,1-3H3,(H2,14,15,16). The molecule has 0 bridgehead atoms. The quantitative estimate of drug-likeness (QED) is 0.782. The predicted molar refractivity (Wildman–Crippen MR) is 70.2 cm³/mol. The molecule has 17 heavy (non-hydrogen) atoms. The molecule has 2 aliphatic rings. The molecule has 4 nitrogen and oxygen atoms in total. The minimum Gasteiger partial charge on any atom is -0.378 e. The normalized spacial score (nSPS) is 31.8. The number of guanidine groups is 1. The van der Waals surface area contributed by atoms with E-state index in [2.05, 4.69) is 36.4 Å². The van der Waals surface area contributed by atoms with Crippen molar-refractivity contribution in [1.29, 1.82) is 0 Å². The highest BCUT2D eigenvalue weighted by Gasteiger charge is 2.27. The van der Waals surface area contributed by atoms with Gasteiger partial charge in [-0.15, -0.1) is 0 Å². The topological polar surface area (TPSA) is 45.6 Å². The number of ether oxygens (including phenoxy) is 1. The molecule has 0 saturated carbocycles. The first kappa shape index (κ1) is 12.7. The Bertz CT molecular complexity index is 288. The first-order valence-corrected chi connectivity index (χ1v) is 6.74. The number of aliphatic imine (C=N–C) groups is 1. The molecule has 2 rings (SSSR count). The van der Waals surface area contributed by atoms with Crippen molar-refractivity contribution in [3.8, 4) is 0 Å². The lowest BCUT2D eigenvalue weighted by Crippen LogP contribution is -2.48. The Balaban J connectivity index is 1.77. The fraction of sp³-hybridized carbons (Fsp3) is 0.923. The van der Waals surface area contributed by atoms with Crippen molar-refractivity contribution in [2.45, 2.75) is 39.7 Å². The molecule has 2 atom stereocenters. The van der Waals surface area contributed by atoms with Crippen molar-refractivity contribution in [1.82, 2.24) is 10.6 Å². The van der Waals surface area contributed by atoms with Crippen molar-refractivity contribution in [2.75, 3.05) is 26.2 Å². The van der Waals surface area contributed by atoms with Gasteiger partial charge in [-0.05, 0) is 12.8 Å². The van der Waals surface area contributed by atoms with E-state index < -0.39 is 0 Å². The van der Waals surface area contributed by atoms with Gasteiger partial charge in [-0.1, -0.05) is 20.8 Å². The van der Waals surface area contributed by atoms with Gasteiger partial charge in [-0.3, -0.25) is 4.99 Å². The summed E-state index contributed by atoms with van der Waals surface area (Å²) < 4.78 is 5.69. The summed E-state index contributed by atoms with van der Waals surface area (Å²) in [7, 11) is 0. The number of hydrogen-bond acceptors (Lipinski definition) is 4. The largest absolute Gasteiger partial charge is 0.378 e. The van der Waals surface area contributed by atoms with E-state index >= 15 is 0 Å². The van der Waals surface area contributed by atoms with Gasteiger partial charge in [0.25, 0.3) is 0 Å². The van der Waals surface area contributed by atoms with Crippen LogP contribution in [0.1, 0.15) is 33.6 Å². The average molecular weight is 239 g/mol. The minimum atomic E-state index is 0.285. The van der Waals surface area contributed by atoms with Gasteiger partial charge in [0, 0.05) is 37.6 Å². The van der Waals surface area contributed by atoms with Crippen LogP contribution in [0, 0.1) is 11.3 Å². The van der Waals surface area contributed by atoms with Gasteiger partial charge in [-0.2, -0.15) is 0 Å². The summed E-state index contributed by atoms with van der Waals surface area (Å²) in [6, 6.07) is 0. The summed E-state index contributed by atoms with van der Waals surface area (Å²) in [4.78, 5) is 4.55. The minimum absolute atomic E-state index is 0.285. The van der Waals surface area contributed by atoms with Gasteiger partial charge < -0.3 is 15.4 Å². The van der Waals surface area contributed by atoms with Crippen molar-refractivity contribution in [2.24, 2.45) is 16.3 Å². The molecule has 0 aliphatic carbocycles. The van der Waals surface area contributed by atoms with Crippen LogP contribution < -0.4 is 10.6 Å². The van der Waals surface area contributed by atoms with Crippen molar-refractivity contribution in [3.63, 3.8) is 0 Å². The van der Waals surface area contributed by atoms with Crippen molar-refractivity contribution < 1.29 is 4.74 Å². The lowest BCUT2D eigenvalue weighted by atomic mass is 9.93. The molecule has 0 amide bonds. The number of nitrogens with one attached hydrogen (secondary N) is 2. The fourth-order valence-corrected chi connectivity index (χ4v) is 2.45. The van der Waals surface area contributed by atoms with E-state index in [4.69, 9.17) is 4.74 Å². The van der Waals surface area contributed by atoms with Crippen LogP contribution in [0.3, 0.4) is 0 Å². The first-order chi connectivity index (χ1) is 8.11. The summed E-state index contributed by atoms with van der Waals surface area (Å²) in [5.41, 5.74) is 0.285. The Kier molecular flexibility index (Phi) is 3.92. The number of nitrogens with zero attached hydrogens (tertiary/aromatic N) is 1. The van der Waals surface area contributed by atoms with Gasteiger partial charge in [0.15, 0.2) is 5.96 Å². The predicted octanol–water partition coefficient (Wildman–Crippen LogP) is 1.38. The molecule has 0 spiro atoms. The highest BCUT2D eigenvalue weighted by atomic mass is 16.5. The molecule has 2 heterocycles. The van der Waals surface area contributed by atoms with Crippen LogP contribution in [-0.4, -0.2) is 38.3 Å². The molecule has 2 N–H and O–H groups in total. The average Bonchev–Trinajstić information content (AvgIpc) is 2.75. The van der Waals surface area contributed by atoms with E-state index in [1.807, 2.05) is 0 Å². The van der Waals surface area contributed by atoms with Gasteiger partial charge in [0.1, 0.15) is 0 Å². The lowest BCUT2D eigenvalue weighted by molar-refractivity contribution is 0.0882. The number of rotatable bonds is 3. The summed E-state index contributed by atoms with van der Waals surface area (Å²) >= 11 is 0. The SMILES string of the molecule is CCC1OCCC1CNC1=NCC(C)(C)CN1. The second kappa shape index (κ2) is 5.25. The summed E-state index contributed by atoms with van der Waals surface area (Å²) in [5.74, 6) is 1.60. The van der Waals surface area contributed by atoms with E-state index in [-0.39, 0.29) is 5.41 Å². The Hall–Kier alpha value is -0.770. The molecule has 0 aromatic rings. The molecule has 0 aromatic carbocycles. The van der Waals surface area contributed by atoms with Crippen LogP contribution in [0.5, 0.6) is 0 Å². The maximum absolute atomic E-state index is 5.69. The Morgan fingerprint density at radius 2 is 2.35 bits per heavy atom. The lowest BCUT2D eigenvalue weighted by Gasteiger charge is -2.30. The first-order valence-electron chi connectivity index (χ1n) is 6.74. The molecule has 2 unspecified atom stereocenters. The van der Waals surface area contributed by atoms with Crippen LogP contribution in [0.25, 0.3) is 0 Å². The number of hydrogen-bond donors (Lipinski definition) is 2. The maximum atomic E-state index is 5.69. The fourth-order valence-electron chi connectivity index (χ4n) is 2.45. The second-order valence-electron chi connectivity index (χ2n) is 5.93. The third kappa shape index (κ3) is 3.35. The molecule has 1 saturated heterocycles. The third-order valence-electron chi connectivity index (χ3n) is 3.68. The Morgan fingerprint density at radius 1 is 1.53 bits per heavy atom. The second-order valence-corrected chi connectivity index (χ2v) is 5.93. The smallest absolute Gasteiger partial charge is 0.191 e. The molecule has 98 valence electrons. The molecule has 0 aromatic heterocycles. The molecule has 2 aliphatic heterocycles. The van der Waals surface area contributed by atoms with Crippen LogP contribution in [0.4, 0.5) is 0 Å². The van der Waals surface area contributed by atoms with E-state index in [1.54, 1.807) is 0 Å². The maximum Gasteiger partial charge on any atom is 0.191 e. The van der Waals surface area contributed by atoms with Gasteiger partial charge in [0.2, 0.25) is 0 Å². The molecule has 1 fully saturated rings. The van der Waals surface area contributed by atoms with Gasteiger partial charge in [-0.25, -0.2) is 0 Å². The molecular weight excluding hydrogens is 214 g/mol. The van der Waals surface area contributed by atoms with E-state index in [1.165, 1.54) is 6.42 Å². The van der Waals surface area contributed by atoms with E-state index in [9.17, 15) is 0 Å². The van der Waals surface area contributed by atoms with E-state index in [0.717, 1.165) is 38.6 Å². The zero-order valence-corrected chi connectivity index (χ0v) is 11.3. The van der Waals surface area contributed by atoms with Gasteiger partial charge >= 0.3 is 0 Å². The molecular formula is C13H25N3O. The third-order valence-corrected chi connectivity index (χ3v) is 3.68. The zero-order chi connectivity index (χ0) is 12.3.